The van der Waals surface area contributed by atoms with Crippen molar-refractivity contribution in [2.24, 2.45) is 0 Å². The molecule has 0 atom stereocenters. The minimum Gasteiger partial charge on any atom is -0.493 e. The van der Waals surface area contributed by atoms with Gasteiger partial charge in [-0.3, -0.25) is 4.40 Å². The lowest BCUT2D eigenvalue weighted by atomic mass is 10.1. The van der Waals surface area contributed by atoms with Crippen LogP contribution >= 0.6 is 0 Å². The molecule has 3 heterocycles. The van der Waals surface area contributed by atoms with Gasteiger partial charge in [-0.05, 0) is 30.3 Å². The maximum absolute atomic E-state index is 11.3. The predicted octanol–water partition coefficient (Wildman–Crippen LogP) is 3.37. The molecule has 0 spiro atoms. The van der Waals surface area contributed by atoms with Gasteiger partial charge in [-0.2, -0.15) is 0 Å². The molecule has 1 saturated heterocycles. The Balaban J connectivity index is 1.67. The van der Waals surface area contributed by atoms with Crippen LogP contribution in [-0.4, -0.2) is 70.9 Å². The highest BCUT2D eigenvalue weighted by molar-refractivity contribution is 5.87. The van der Waals surface area contributed by atoms with Gasteiger partial charge in [-0.25, -0.2) is 14.8 Å². The fourth-order valence-corrected chi connectivity index (χ4v) is 4.19. The van der Waals surface area contributed by atoms with E-state index in [0.717, 1.165) is 33.8 Å². The lowest BCUT2D eigenvalue weighted by Gasteiger charge is -2.34. The normalized spacial score (nSPS) is 14.2. The molecule has 2 aromatic carbocycles. The Kier molecular flexibility index (Phi) is 4.93. The van der Waals surface area contributed by atoms with Crippen LogP contribution in [-0.2, 0) is 0 Å². The summed E-state index contributed by atoms with van der Waals surface area (Å²) in [5.74, 6) is 2.05. The minimum atomic E-state index is -0.891. The molecule has 1 aliphatic rings. The van der Waals surface area contributed by atoms with Crippen LogP contribution < -0.4 is 14.4 Å². The largest absolute Gasteiger partial charge is 0.493 e. The number of imidazole rings is 1. The van der Waals surface area contributed by atoms with Crippen molar-refractivity contribution in [3.05, 3.63) is 48.7 Å². The zero-order chi connectivity index (χ0) is 22.2. The number of aromatic nitrogens is 3. The van der Waals surface area contributed by atoms with Gasteiger partial charge in [0.05, 0.1) is 37.1 Å². The second-order valence-electron chi connectivity index (χ2n) is 7.55. The van der Waals surface area contributed by atoms with Gasteiger partial charge >= 0.3 is 6.09 Å². The van der Waals surface area contributed by atoms with Crippen LogP contribution in [0.1, 0.15) is 0 Å². The quantitative estimate of drug-likeness (QED) is 0.527. The number of amides is 1. The molecular formula is C23H23N5O4. The van der Waals surface area contributed by atoms with Crippen LogP contribution in [0.5, 0.6) is 11.5 Å². The third-order valence-electron chi connectivity index (χ3n) is 5.84. The first-order valence-electron chi connectivity index (χ1n) is 10.3. The monoisotopic (exact) mass is 433 g/mol. The summed E-state index contributed by atoms with van der Waals surface area (Å²) in [6, 6.07) is 13.7. The fourth-order valence-electron chi connectivity index (χ4n) is 4.19. The Hall–Kier alpha value is -4.01. The summed E-state index contributed by atoms with van der Waals surface area (Å²) < 4.78 is 13.0. The third-order valence-corrected chi connectivity index (χ3v) is 5.84. The standard InChI is InChI=1S/C23H23N5O4/c1-31-19-8-7-15(13-20(19)32-2)18-14-24-21-22(26-9-11-27(12-10-26)23(29)30)25-16-5-3-4-6-17(16)28(18)21/h3-8,13-14H,9-12H2,1-2H3,(H,29,30). The zero-order valence-electron chi connectivity index (χ0n) is 17.9. The second-order valence-corrected chi connectivity index (χ2v) is 7.55. The number of methoxy groups -OCH3 is 2. The Morgan fingerprint density at radius 3 is 2.47 bits per heavy atom. The van der Waals surface area contributed by atoms with E-state index >= 15 is 0 Å². The van der Waals surface area contributed by atoms with E-state index in [1.54, 1.807) is 14.2 Å². The lowest BCUT2D eigenvalue weighted by molar-refractivity contribution is 0.142. The maximum Gasteiger partial charge on any atom is 0.407 e. The number of anilines is 1. The Bertz CT molecular complexity index is 1310. The number of carbonyl (C=O) groups is 1. The number of hydrogen-bond donors (Lipinski definition) is 1. The number of benzene rings is 2. The first kappa shape index (κ1) is 19.9. The summed E-state index contributed by atoms with van der Waals surface area (Å²) in [7, 11) is 3.23. The predicted molar refractivity (Wildman–Crippen MR) is 121 cm³/mol. The number of hydrogen-bond acceptors (Lipinski definition) is 6. The highest BCUT2D eigenvalue weighted by Gasteiger charge is 2.25. The van der Waals surface area contributed by atoms with Crippen molar-refractivity contribution in [1.82, 2.24) is 19.3 Å². The van der Waals surface area contributed by atoms with Crippen molar-refractivity contribution >= 4 is 28.6 Å². The smallest absolute Gasteiger partial charge is 0.407 e. The van der Waals surface area contributed by atoms with E-state index < -0.39 is 6.09 Å². The molecule has 9 heteroatoms. The summed E-state index contributed by atoms with van der Waals surface area (Å²) in [6.45, 7) is 1.98. The molecule has 0 unspecified atom stereocenters. The molecule has 1 aliphatic heterocycles. The molecule has 164 valence electrons. The van der Waals surface area contributed by atoms with Crippen LogP contribution in [0.2, 0.25) is 0 Å². The van der Waals surface area contributed by atoms with E-state index in [1.165, 1.54) is 4.90 Å². The molecule has 1 fully saturated rings. The van der Waals surface area contributed by atoms with Crippen LogP contribution in [0.25, 0.3) is 27.9 Å². The van der Waals surface area contributed by atoms with Gasteiger partial charge < -0.3 is 24.4 Å². The number of piperazine rings is 1. The number of ether oxygens (including phenoxy) is 2. The Morgan fingerprint density at radius 1 is 1.00 bits per heavy atom. The van der Waals surface area contributed by atoms with E-state index in [9.17, 15) is 9.90 Å². The average molecular weight is 433 g/mol. The minimum absolute atomic E-state index is 0.430. The first-order valence-corrected chi connectivity index (χ1v) is 10.3. The average Bonchev–Trinajstić information content (AvgIpc) is 3.28. The molecule has 0 radical (unpaired) electrons. The summed E-state index contributed by atoms with van der Waals surface area (Å²) in [6.07, 6.45) is 0.944. The van der Waals surface area contributed by atoms with Crippen molar-refractivity contribution in [1.29, 1.82) is 0 Å². The molecule has 1 N–H and O–H groups in total. The number of rotatable bonds is 4. The van der Waals surface area contributed by atoms with Crippen molar-refractivity contribution in [2.45, 2.75) is 0 Å². The van der Waals surface area contributed by atoms with Gasteiger partial charge in [0.2, 0.25) is 0 Å². The number of para-hydroxylation sites is 2. The maximum atomic E-state index is 11.3. The van der Waals surface area contributed by atoms with E-state index in [0.29, 0.717) is 37.7 Å². The molecule has 5 rings (SSSR count). The Labute approximate surface area is 184 Å². The summed E-state index contributed by atoms with van der Waals surface area (Å²) in [5.41, 5.74) is 4.36. The molecule has 1 amide bonds. The van der Waals surface area contributed by atoms with E-state index in [2.05, 4.69) is 9.30 Å². The van der Waals surface area contributed by atoms with Crippen LogP contribution in [0, 0.1) is 0 Å². The van der Waals surface area contributed by atoms with E-state index in [1.807, 2.05) is 48.7 Å². The van der Waals surface area contributed by atoms with Gasteiger partial charge in [0.15, 0.2) is 23.0 Å². The SMILES string of the molecule is COc1ccc(-c2cnc3c(N4CCN(C(=O)O)CC4)nc4ccccc4n23)cc1OC. The fraction of sp³-hybridized carbons (Fsp3) is 0.261. The van der Waals surface area contributed by atoms with Gasteiger partial charge in [0, 0.05) is 31.7 Å². The molecule has 0 saturated carbocycles. The Morgan fingerprint density at radius 2 is 1.75 bits per heavy atom. The van der Waals surface area contributed by atoms with E-state index in [4.69, 9.17) is 19.4 Å². The number of fused-ring (bicyclic) bond motifs is 3. The van der Waals surface area contributed by atoms with Crippen LogP contribution in [0.15, 0.2) is 48.7 Å². The molecule has 4 aromatic rings. The molecular weight excluding hydrogens is 410 g/mol. The third kappa shape index (κ3) is 3.22. The second kappa shape index (κ2) is 7.92. The molecule has 0 aliphatic carbocycles. The summed E-state index contributed by atoms with van der Waals surface area (Å²) in [5, 5.41) is 9.27. The summed E-state index contributed by atoms with van der Waals surface area (Å²) >= 11 is 0. The van der Waals surface area contributed by atoms with Crippen molar-refractivity contribution < 1.29 is 19.4 Å². The van der Waals surface area contributed by atoms with Crippen molar-refractivity contribution in [3.63, 3.8) is 0 Å². The van der Waals surface area contributed by atoms with Gasteiger partial charge in [-0.15, -0.1) is 0 Å². The zero-order valence-corrected chi connectivity index (χ0v) is 17.9. The van der Waals surface area contributed by atoms with Gasteiger partial charge in [-0.1, -0.05) is 12.1 Å². The number of nitrogens with zero attached hydrogens (tertiary/aromatic N) is 5. The first-order chi connectivity index (χ1) is 15.6. The highest BCUT2D eigenvalue weighted by atomic mass is 16.5. The van der Waals surface area contributed by atoms with E-state index in [-0.39, 0.29) is 0 Å². The molecule has 2 aromatic heterocycles. The van der Waals surface area contributed by atoms with Gasteiger partial charge in [0.1, 0.15) is 0 Å². The highest BCUT2D eigenvalue weighted by Crippen LogP contribution is 2.35. The molecule has 32 heavy (non-hydrogen) atoms. The molecule has 0 bridgehead atoms. The van der Waals surface area contributed by atoms with Gasteiger partial charge in [0.25, 0.3) is 0 Å². The summed E-state index contributed by atoms with van der Waals surface area (Å²) in [4.78, 5) is 24.5. The van der Waals surface area contributed by atoms with Crippen molar-refractivity contribution in [2.75, 3.05) is 45.3 Å². The van der Waals surface area contributed by atoms with Crippen LogP contribution in [0.4, 0.5) is 10.6 Å². The number of carboxylic acid groups (broad SMARTS) is 1. The lowest BCUT2D eigenvalue weighted by Crippen LogP contribution is -2.48. The van der Waals surface area contributed by atoms with Crippen molar-refractivity contribution in [3.8, 4) is 22.8 Å². The van der Waals surface area contributed by atoms with Crippen LogP contribution in [0.3, 0.4) is 0 Å². The molecule has 9 nitrogen and oxygen atoms in total. The topological polar surface area (TPSA) is 92.4 Å².